The predicted molar refractivity (Wildman–Crippen MR) is 153 cm³/mol. The van der Waals surface area contributed by atoms with Gasteiger partial charge in [-0.15, -0.1) is 0 Å². The van der Waals surface area contributed by atoms with Crippen molar-refractivity contribution in [2.24, 2.45) is 5.92 Å². The summed E-state index contributed by atoms with van der Waals surface area (Å²) in [5.41, 5.74) is 3.14. The van der Waals surface area contributed by atoms with Gasteiger partial charge in [0.1, 0.15) is 17.7 Å². The van der Waals surface area contributed by atoms with Crippen molar-refractivity contribution in [3.63, 3.8) is 0 Å². The number of hydrogen-bond donors (Lipinski definition) is 2. The Hall–Kier alpha value is -3.06. The molecule has 2 rings (SSSR count). The predicted octanol–water partition coefficient (Wildman–Crippen LogP) is 6.73. The number of aryl methyl sites for hydroxylation is 3. The lowest BCUT2D eigenvalue weighted by molar-refractivity contribution is -0.141. The highest BCUT2D eigenvalue weighted by molar-refractivity contribution is 6.34. The quantitative estimate of drug-likeness (QED) is 0.367. The molecule has 2 aromatic rings. The molecule has 0 saturated heterocycles. The fourth-order valence-electron chi connectivity index (χ4n) is 4.25. The zero-order valence-corrected chi connectivity index (χ0v) is 24.8. The van der Waals surface area contributed by atoms with E-state index < -0.39 is 23.8 Å². The summed E-state index contributed by atoms with van der Waals surface area (Å²) in [5, 5.41) is 6.16. The summed E-state index contributed by atoms with van der Waals surface area (Å²) in [6.45, 7) is 16.9. The number of halogens is 1. The highest BCUT2D eigenvalue weighted by Crippen LogP contribution is 2.31. The number of ether oxygens (including phenoxy) is 1. The van der Waals surface area contributed by atoms with E-state index in [1.807, 2.05) is 71.9 Å². The smallest absolute Gasteiger partial charge is 0.408 e. The molecule has 2 N–H and O–H groups in total. The van der Waals surface area contributed by atoms with E-state index in [9.17, 15) is 14.4 Å². The topological polar surface area (TPSA) is 87.7 Å². The van der Waals surface area contributed by atoms with Crippen molar-refractivity contribution in [2.75, 3.05) is 11.9 Å². The molecule has 0 aliphatic heterocycles. The molecule has 0 saturated carbocycles. The summed E-state index contributed by atoms with van der Waals surface area (Å²) < 4.78 is 5.44. The molecule has 208 valence electrons. The van der Waals surface area contributed by atoms with Gasteiger partial charge in [-0.3, -0.25) is 9.59 Å². The van der Waals surface area contributed by atoms with Crippen LogP contribution in [0.3, 0.4) is 0 Å². The van der Waals surface area contributed by atoms with Gasteiger partial charge in [0.2, 0.25) is 5.91 Å². The van der Waals surface area contributed by atoms with Crippen LogP contribution >= 0.6 is 11.6 Å². The highest BCUT2D eigenvalue weighted by Gasteiger charge is 2.38. The Balaban J connectivity index is 2.58. The molecule has 7 nitrogen and oxygen atoms in total. The second-order valence-electron chi connectivity index (χ2n) is 10.8. The number of benzene rings is 2. The lowest BCUT2D eigenvalue weighted by Gasteiger charge is -2.36. The number of anilines is 1. The SMILES string of the molecule is CCC(C)C(NC(=O)OC(C)(C)C)C(=O)N(CC)C(C(=O)Nc1c(C)cccc1Cl)c1cc(C)ccc1C. The van der Waals surface area contributed by atoms with Gasteiger partial charge in [-0.1, -0.05) is 67.8 Å². The highest BCUT2D eigenvalue weighted by atomic mass is 35.5. The third-order valence-electron chi connectivity index (χ3n) is 6.53. The van der Waals surface area contributed by atoms with E-state index >= 15 is 0 Å². The normalized spacial score (nSPS) is 13.7. The van der Waals surface area contributed by atoms with Gasteiger partial charge in [0, 0.05) is 6.54 Å². The van der Waals surface area contributed by atoms with Crippen molar-refractivity contribution in [3.8, 4) is 0 Å². The monoisotopic (exact) mass is 543 g/mol. The van der Waals surface area contributed by atoms with Crippen molar-refractivity contribution in [2.45, 2.75) is 86.4 Å². The Labute approximate surface area is 232 Å². The van der Waals surface area contributed by atoms with Crippen LogP contribution in [0.1, 0.15) is 76.3 Å². The van der Waals surface area contributed by atoms with Crippen molar-refractivity contribution in [3.05, 3.63) is 63.7 Å². The minimum atomic E-state index is -0.949. The first-order valence-corrected chi connectivity index (χ1v) is 13.5. The first-order valence-electron chi connectivity index (χ1n) is 13.1. The molecule has 0 radical (unpaired) electrons. The minimum absolute atomic E-state index is 0.197. The first-order chi connectivity index (χ1) is 17.7. The molecule has 0 bridgehead atoms. The Morgan fingerprint density at radius 2 is 1.68 bits per heavy atom. The molecule has 3 atom stereocenters. The molecule has 2 aromatic carbocycles. The lowest BCUT2D eigenvalue weighted by Crippen LogP contribution is -2.54. The standard InChI is InChI=1S/C30H42ClN3O4/c1-10-19(4)25(33-29(37)38-30(7,8)9)28(36)34(11-2)26(22-17-18(3)15-16-20(22)5)27(35)32-24-21(6)13-12-14-23(24)31/h12-17,19,25-26H,10-11H2,1-9H3,(H,32,35)(H,33,37). The largest absolute Gasteiger partial charge is 0.444 e. The van der Waals surface area contributed by atoms with Crippen LogP contribution in [0, 0.1) is 26.7 Å². The maximum absolute atomic E-state index is 14.1. The van der Waals surface area contributed by atoms with Crippen LogP contribution in [-0.4, -0.2) is 41.0 Å². The Bertz CT molecular complexity index is 1140. The Morgan fingerprint density at radius 3 is 2.24 bits per heavy atom. The number of nitrogens with zero attached hydrogens (tertiary/aromatic N) is 1. The van der Waals surface area contributed by atoms with Crippen LogP contribution in [-0.2, 0) is 14.3 Å². The summed E-state index contributed by atoms with van der Waals surface area (Å²) in [7, 11) is 0. The van der Waals surface area contributed by atoms with Crippen LogP contribution in [0.25, 0.3) is 0 Å². The summed E-state index contributed by atoms with van der Waals surface area (Å²) in [6.07, 6.45) is -0.0326. The maximum Gasteiger partial charge on any atom is 0.408 e. The van der Waals surface area contributed by atoms with E-state index in [2.05, 4.69) is 10.6 Å². The number of rotatable bonds is 9. The Kier molecular flexibility index (Phi) is 10.8. The molecule has 3 unspecified atom stereocenters. The van der Waals surface area contributed by atoms with Gasteiger partial charge in [-0.05, 0) is 77.1 Å². The molecule has 0 fully saturated rings. The van der Waals surface area contributed by atoms with Crippen LogP contribution in [0.5, 0.6) is 0 Å². The molecule has 0 aliphatic carbocycles. The second-order valence-corrected chi connectivity index (χ2v) is 11.2. The average Bonchev–Trinajstić information content (AvgIpc) is 2.83. The number of para-hydroxylation sites is 1. The van der Waals surface area contributed by atoms with Crippen LogP contribution in [0.4, 0.5) is 10.5 Å². The second kappa shape index (κ2) is 13.1. The number of likely N-dealkylation sites (N-methyl/N-ethyl adjacent to an activating group) is 1. The Morgan fingerprint density at radius 1 is 1.03 bits per heavy atom. The number of alkyl carbamates (subject to hydrolysis) is 1. The molecular weight excluding hydrogens is 502 g/mol. The molecule has 0 aromatic heterocycles. The minimum Gasteiger partial charge on any atom is -0.444 e. The van der Waals surface area contributed by atoms with E-state index in [1.54, 1.807) is 26.8 Å². The van der Waals surface area contributed by atoms with E-state index in [1.165, 1.54) is 4.90 Å². The van der Waals surface area contributed by atoms with Gasteiger partial charge >= 0.3 is 6.09 Å². The molecule has 3 amide bonds. The summed E-state index contributed by atoms with van der Waals surface area (Å²) in [5.74, 6) is -0.938. The molecule has 0 spiro atoms. The molecular formula is C30H42ClN3O4. The summed E-state index contributed by atoms with van der Waals surface area (Å²) in [4.78, 5) is 42.3. The van der Waals surface area contributed by atoms with Gasteiger partial charge in [-0.2, -0.15) is 0 Å². The van der Waals surface area contributed by atoms with E-state index in [0.29, 0.717) is 22.7 Å². The third kappa shape index (κ3) is 7.97. The van der Waals surface area contributed by atoms with Crippen LogP contribution < -0.4 is 10.6 Å². The maximum atomic E-state index is 14.1. The van der Waals surface area contributed by atoms with Crippen LogP contribution in [0.15, 0.2) is 36.4 Å². The molecule has 8 heteroatoms. The van der Waals surface area contributed by atoms with Gasteiger partial charge < -0.3 is 20.3 Å². The van der Waals surface area contributed by atoms with Crippen molar-refractivity contribution < 1.29 is 19.1 Å². The third-order valence-corrected chi connectivity index (χ3v) is 6.85. The zero-order chi connectivity index (χ0) is 28.8. The van der Waals surface area contributed by atoms with Gasteiger partial charge in [0.15, 0.2) is 0 Å². The van der Waals surface area contributed by atoms with Crippen molar-refractivity contribution in [1.82, 2.24) is 10.2 Å². The zero-order valence-electron chi connectivity index (χ0n) is 24.1. The van der Waals surface area contributed by atoms with Gasteiger partial charge in [-0.25, -0.2) is 4.79 Å². The molecule has 38 heavy (non-hydrogen) atoms. The molecule has 0 aliphatic rings. The number of carbonyl (C=O) groups is 3. The van der Waals surface area contributed by atoms with E-state index in [4.69, 9.17) is 16.3 Å². The van der Waals surface area contributed by atoms with Crippen molar-refractivity contribution in [1.29, 1.82) is 0 Å². The van der Waals surface area contributed by atoms with Crippen molar-refractivity contribution >= 4 is 35.2 Å². The summed E-state index contributed by atoms with van der Waals surface area (Å²) in [6, 6.07) is 9.40. The van der Waals surface area contributed by atoms with Crippen LogP contribution in [0.2, 0.25) is 5.02 Å². The number of nitrogens with one attached hydrogen (secondary N) is 2. The fourth-order valence-corrected chi connectivity index (χ4v) is 4.52. The number of hydrogen-bond acceptors (Lipinski definition) is 4. The van der Waals surface area contributed by atoms with E-state index in [0.717, 1.165) is 16.7 Å². The van der Waals surface area contributed by atoms with E-state index in [-0.39, 0.29) is 24.3 Å². The number of amides is 3. The first kappa shape index (κ1) is 31.2. The average molecular weight is 544 g/mol. The fraction of sp³-hybridized carbons (Fsp3) is 0.500. The summed E-state index contributed by atoms with van der Waals surface area (Å²) >= 11 is 6.42. The lowest BCUT2D eigenvalue weighted by atomic mass is 9.93. The molecule has 0 heterocycles. The number of carbonyl (C=O) groups excluding carboxylic acids is 3. The van der Waals surface area contributed by atoms with Gasteiger partial charge in [0.05, 0.1) is 10.7 Å². The van der Waals surface area contributed by atoms with Gasteiger partial charge in [0.25, 0.3) is 5.91 Å².